The number of primary amides is 1. The van der Waals surface area contributed by atoms with Gasteiger partial charge in [0.1, 0.15) is 0 Å². The molecule has 1 aliphatic heterocycles. The second-order valence-electron chi connectivity index (χ2n) is 6.22. The van der Waals surface area contributed by atoms with Gasteiger partial charge in [-0.25, -0.2) is 8.42 Å². The number of carbonyl (C=O) groups excluding carboxylic acids is 1. The normalized spacial score (nSPS) is 24.1. The summed E-state index contributed by atoms with van der Waals surface area (Å²) in [5, 5.41) is 3.14. The van der Waals surface area contributed by atoms with Crippen molar-refractivity contribution in [2.45, 2.75) is 51.1 Å². The van der Waals surface area contributed by atoms with E-state index in [0.29, 0.717) is 18.7 Å². The number of nitrogens with two attached hydrogens (primary N) is 1. The topological polar surface area (TPSA) is 92.5 Å². The van der Waals surface area contributed by atoms with Crippen LogP contribution in [0.5, 0.6) is 0 Å². The number of amides is 1. The molecule has 1 heterocycles. The van der Waals surface area contributed by atoms with Crippen LogP contribution in [0, 0.1) is 0 Å². The minimum atomic E-state index is -2.83. The number of rotatable bonds is 9. The Bertz CT molecular complexity index is 452. The zero-order chi connectivity index (χ0) is 16.1. The fourth-order valence-corrected chi connectivity index (χ4v) is 4.64. The summed E-state index contributed by atoms with van der Waals surface area (Å²) < 4.78 is 22.9. The van der Waals surface area contributed by atoms with E-state index in [2.05, 4.69) is 10.2 Å². The highest BCUT2D eigenvalue weighted by molar-refractivity contribution is 7.91. The Kier molecular flexibility index (Phi) is 6.62. The number of nitrogens with zero attached hydrogens (tertiary/aromatic N) is 1. The van der Waals surface area contributed by atoms with E-state index in [1.165, 1.54) is 0 Å². The summed E-state index contributed by atoms with van der Waals surface area (Å²) in [6, 6.07) is 0.145. The predicted molar refractivity (Wildman–Crippen MR) is 84.8 cm³/mol. The summed E-state index contributed by atoms with van der Waals surface area (Å²) in [5.41, 5.74) is 4.80. The van der Waals surface area contributed by atoms with Crippen LogP contribution in [-0.2, 0) is 14.6 Å². The smallest absolute Gasteiger partial charge is 0.237 e. The van der Waals surface area contributed by atoms with Crippen molar-refractivity contribution in [1.82, 2.24) is 10.2 Å². The Morgan fingerprint density at radius 2 is 2.10 bits per heavy atom. The van der Waals surface area contributed by atoms with Crippen molar-refractivity contribution in [2.75, 3.05) is 31.6 Å². The minimum Gasteiger partial charge on any atom is -0.368 e. The lowest BCUT2D eigenvalue weighted by molar-refractivity contribution is -0.124. The highest BCUT2D eigenvalue weighted by Gasteiger charge is 2.31. The van der Waals surface area contributed by atoms with Gasteiger partial charge in [-0.2, -0.15) is 0 Å². The van der Waals surface area contributed by atoms with E-state index in [1.807, 2.05) is 20.9 Å². The average Bonchev–Trinajstić information content (AvgIpc) is 2.75. The zero-order valence-electron chi connectivity index (χ0n) is 13.4. The van der Waals surface area contributed by atoms with Crippen LogP contribution in [0.25, 0.3) is 0 Å². The van der Waals surface area contributed by atoms with Crippen LogP contribution in [0.2, 0.25) is 0 Å². The SMILES string of the molecule is CCNC(C)(CCCCN(C)C1CCS(=O)(=O)C1)C(N)=O. The molecule has 2 unspecified atom stereocenters. The molecule has 7 heteroatoms. The monoisotopic (exact) mass is 319 g/mol. The standard InChI is InChI=1S/C14H29N3O3S/c1-4-16-14(2,13(15)18)8-5-6-9-17(3)12-7-10-21(19,20)11-12/h12,16H,4-11H2,1-3H3,(H2,15,18). The van der Waals surface area contributed by atoms with Crippen molar-refractivity contribution < 1.29 is 13.2 Å². The number of carbonyl (C=O) groups is 1. The van der Waals surface area contributed by atoms with Gasteiger partial charge >= 0.3 is 0 Å². The van der Waals surface area contributed by atoms with Crippen molar-refractivity contribution in [2.24, 2.45) is 5.73 Å². The van der Waals surface area contributed by atoms with Gasteiger partial charge in [0.25, 0.3) is 0 Å². The van der Waals surface area contributed by atoms with E-state index in [0.717, 1.165) is 25.8 Å². The number of sulfone groups is 1. The molecule has 0 aromatic rings. The van der Waals surface area contributed by atoms with Crippen molar-refractivity contribution in [3.8, 4) is 0 Å². The lowest BCUT2D eigenvalue weighted by atomic mass is 9.94. The van der Waals surface area contributed by atoms with Crippen LogP contribution in [0.4, 0.5) is 0 Å². The molecule has 0 bridgehead atoms. The first kappa shape index (κ1) is 18.4. The van der Waals surface area contributed by atoms with E-state index in [9.17, 15) is 13.2 Å². The number of hydrogen-bond acceptors (Lipinski definition) is 5. The van der Waals surface area contributed by atoms with E-state index < -0.39 is 15.4 Å². The van der Waals surface area contributed by atoms with Gasteiger partial charge in [0.05, 0.1) is 17.0 Å². The first-order valence-corrected chi connectivity index (χ1v) is 9.48. The zero-order valence-corrected chi connectivity index (χ0v) is 14.2. The van der Waals surface area contributed by atoms with Gasteiger partial charge in [-0.1, -0.05) is 6.92 Å². The van der Waals surface area contributed by atoms with E-state index >= 15 is 0 Å². The Morgan fingerprint density at radius 1 is 1.43 bits per heavy atom. The molecule has 1 amide bonds. The molecule has 0 aromatic carbocycles. The van der Waals surface area contributed by atoms with Crippen LogP contribution in [-0.4, -0.2) is 62.4 Å². The number of likely N-dealkylation sites (N-methyl/N-ethyl adjacent to an activating group) is 1. The van der Waals surface area contributed by atoms with Crippen molar-refractivity contribution in [3.63, 3.8) is 0 Å². The van der Waals surface area contributed by atoms with Crippen LogP contribution < -0.4 is 11.1 Å². The molecule has 1 rings (SSSR count). The Balaban J connectivity index is 2.32. The van der Waals surface area contributed by atoms with Crippen LogP contribution in [0.1, 0.15) is 39.5 Å². The summed E-state index contributed by atoms with van der Waals surface area (Å²) in [4.78, 5) is 13.6. The molecule has 1 fully saturated rings. The van der Waals surface area contributed by atoms with Crippen LogP contribution in [0.15, 0.2) is 0 Å². The molecule has 124 valence electrons. The second-order valence-corrected chi connectivity index (χ2v) is 8.45. The molecule has 1 saturated heterocycles. The van der Waals surface area contributed by atoms with Crippen molar-refractivity contribution >= 4 is 15.7 Å². The van der Waals surface area contributed by atoms with Gasteiger partial charge in [-0.05, 0) is 52.7 Å². The third-order valence-corrected chi connectivity index (χ3v) is 6.13. The first-order valence-electron chi connectivity index (χ1n) is 7.66. The van der Waals surface area contributed by atoms with Crippen LogP contribution >= 0.6 is 0 Å². The van der Waals surface area contributed by atoms with E-state index in [1.54, 1.807) is 0 Å². The summed E-state index contributed by atoms with van der Waals surface area (Å²) in [7, 11) is -0.850. The molecule has 0 radical (unpaired) electrons. The molecule has 1 aliphatic rings. The van der Waals surface area contributed by atoms with Gasteiger partial charge in [0, 0.05) is 6.04 Å². The lowest BCUT2D eigenvalue weighted by Gasteiger charge is -2.28. The molecular formula is C14H29N3O3S. The van der Waals surface area contributed by atoms with Gasteiger partial charge in [0.15, 0.2) is 9.84 Å². The largest absolute Gasteiger partial charge is 0.368 e. The maximum absolute atomic E-state index is 11.5. The molecule has 3 N–H and O–H groups in total. The molecule has 21 heavy (non-hydrogen) atoms. The molecule has 0 spiro atoms. The van der Waals surface area contributed by atoms with Crippen molar-refractivity contribution in [1.29, 1.82) is 0 Å². The van der Waals surface area contributed by atoms with Gasteiger partial charge in [0.2, 0.25) is 5.91 Å². The van der Waals surface area contributed by atoms with Gasteiger partial charge in [-0.3, -0.25) is 4.79 Å². The fraction of sp³-hybridized carbons (Fsp3) is 0.929. The van der Waals surface area contributed by atoms with E-state index in [4.69, 9.17) is 5.73 Å². The molecule has 0 saturated carbocycles. The Hall–Kier alpha value is -0.660. The van der Waals surface area contributed by atoms with Gasteiger partial charge in [-0.15, -0.1) is 0 Å². The maximum Gasteiger partial charge on any atom is 0.237 e. The molecule has 2 atom stereocenters. The molecule has 6 nitrogen and oxygen atoms in total. The molecular weight excluding hydrogens is 290 g/mol. The van der Waals surface area contributed by atoms with E-state index in [-0.39, 0.29) is 17.7 Å². The fourth-order valence-electron chi connectivity index (χ4n) is 2.83. The number of nitrogens with one attached hydrogen (secondary N) is 1. The molecule has 0 aromatic heterocycles. The summed E-state index contributed by atoms with van der Waals surface area (Å²) in [6.07, 6.45) is 3.25. The Morgan fingerprint density at radius 3 is 2.57 bits per heavy atom. The third-order valence-electron chi connectivity index (χ3n) is 4.38. The first-order chi connectivity index (χ1) is 9.70. The van der Waals surface area contributed by atoms with Crippen LogP contribution in [0.3, 0.4) is 0 Å². The lowest BCUT2D eigenvalue weighted by Crippen LogP contribution is -2.53. The summed E-state index contributed by atoms with van der Waals surface area (Å²) >= 11 is 0. The molecule has 0 aliphatic carbocycles. The summed E-state index contributed by atoms with van der Waals surface area (Å²) in [5.74, 6) is 0.266. The highest BCUT2D eigenvalue weighted by Crippen LogP contribution is 2.18. The quantitative estimate of drug-likeness (QED) is 0.589. The number of unbranched alkanes of at least 4 members (excludes halogenated alkanes) is 1. The third kappa shape index (κ3) is 5.56. The summed E-state index contributed by atoms with van der Waals surface area (Å²) in [6.45, 7) is 5.35. The highest BCUT2D eigenvalue weighted by atomic mass is 32.2. The minimum absolute atomic E-state index is 0.145. The average molecular weight is 319 g/mol. The second kappa shape index (κ2) is 7.56. The predicted octanol–water partition coefficient (Wildman–Crippen LogP) is 0.129. The van der Waals surface area contributed by atoms with Crippen molar-refractivity contribution in [3.05, 3.63) is 0 Å². The van der Waals surface area contributed by atoms with Gasteiger partial charge < -0.3 is 16.0 Å². The Labute approximate surface area is 128 Å². The number of hydrogen-bond donors (Lipinski definition) is 2. The maximum atomic E-state index is 11.5.